The third-order valence-electron chi connectivity index (χ3n) is 2.41. The maximum atomic E-state index is 11.0. The van der Waals surface area contributed by atoms with Gasteiger partial charge < -0.3 is 9.84 Å². The van der Waals surface area contributed by atoms with Crippen LogP contribution in [0.3, 0.4) is 0 Å². The van der Waals surface area contributed by atoms with Crippen molar-refractivity contribution in [1.29, 1.82) is 0 Å². The van der Waals surface area contributed by atoms with E-state index in [9.17, 15) is 4.79 Å². The van der Waals surface area contributed by atoms with Crippen molar-refractivity contribution >= 4 is 16.9 Å². The molecule has 0 radical (unpaired) electrons. The summed E-state index contributed by atoms with van der Waals surface area (Å²) in [6.45, 7) is 1.96. The van der Waals surface area contributed by atoms with Crippen molar-refractivity contribution in [2.45, 2.75) is 6.92 Å². The minimum Gasteiger partial charge on any atom is -0.495 e. The number of rotatable bonds is 2. The van der Waals surface area contributed by atoms with E-state index in [1.807, 2.05) is 25.1 Å². The zero-order valence-corrected chi connectivity index (χ0v) is 9.02. The summed E-state index contributed by atoms with van der Waals surface area (Å²) in [4.78, 5) is 15.1. The quantitative estimate of drug-likeness (QED) is 0.838. The number of nitrogens with zero attached hydrogens (tertiary/aromatic N) is 1. The van der Waals surface area contributed by atoms with Crippen LogP contribution in [0.15, 0.2) is 24.4 Å². The van der Waals surface area contributed by atoms with E-state index in [0.717, 1.165) is 11.1 Å². The fraction of sp³-hybridized carbons (Fsp3) is 0.167. The summed E-state index contributed by atoms with van der Waals surface area (Å²) in [5.41, 5.74) is 1.89. The van der Waals surface area contributed by atoms with Crippen LogP contribution in [0.25, 0.3) is 10.9 Å². The average Bonchev–Trinajstić information content (AvgIpc) is 2.26. The second kappa shape index (κ2) is 3.81. The van der Waals surface area contributed by atoms with Gasteiger partial charge in [0.05, 0.1) is 12.6 Å². The van der Waals surface area contributed by atoms with Crippen LogP contribution in [0.2, 0.25) is 0 Å². The van der Waals surface area contributed by atoms with Crippen LogP contribution in [0.5, 0.6) is 5.75 Å². The van der Waals surface area contributed by atoms with Gasteiger partial charge in [-0.1, -0.05) is 6.07 Å². The van der Waals surface area contributed by atoms with Crippen LogP contribution >= 0.6 is 0 Å². The molecule has 0 amide bonds. The van der Waals surface area contributed by atoms with E-state index in [-0.39, 0.29) is 5.56 Å². The SMILES string of the molecule is COc1c(C(=O)O)cnc2cc(C)ccc12. The van der Waals surface area contributed by atoms with Crippen molar-refractivity contribution in [2.75, 3.05) is 7.11 Å². The van der Waals surface area contributed by atoms with Crippen LogP contribution in [0.4, 0.5) is 0 Å². The van der Waals surface area contributed by atoms with Gasteiger partial charge in [-0.15, -0.1) is 0 Å². The number of carbonyl (C=O) groups is 1. The molecule has 0 fully saturated rings. The Bertz CT molecular complexity index is 563. The Morgan fingerprint density at radius 3 is 2.81 bits per heavy atom. The smallest absolute Gasteiger partial charge is 0.341 e. The first-order chi connectivity index (χ1) is 7.63. The van der Waals surface area contributed by atoms with Crippen LogP contribution in [0.1, 0.15) is 15.9 Å². The molecule has 0 unspecified atom stereocenters. The van der Waals surface area contributed by atoms with E-state index in [4.69, 9.17) is 9.84 Å². The Morgan fingerprint density at radius 1 is 1.44 bits per heavy atom. The predicted molar refractivity (Wildman–Crippen MR) is 60.0 cm³/mol. The monoisotopic (exact) mass is 217 g/mol. The second-order valence-electron chi connectivity index (χ2n) is 3.53. The molecule has 0 spiro atoms. The predicted octanol–water partition coefficient (Wildman–Crippen LogP) is 2.25. The highest BCUT2D eigenvalue weighted by molar-refractivity contribution is 5.98. The minimum atomic E-state index is -1.04. The van der Waals surface area contributed by atoms with Gasteiger partial charge in [0.25, 0.3) is 0 Å². The summed E-state index contributed by atoms with van der Waals surface area (Å²) >= 11 is 0. The molecule has 16 heavy (non-hydrogen) atoms. The highest BCUT2D eigenvalue weighted by Crippen LogP contribution is 2.28. The summed E-state index contributed by atoms with van der Waals surface area (Å²) in [6.07, 6.45) is 1.32. The fourth-order valence-corrected chi connectivity index (χ4v) is 1.65. The number of fused-ring (bicyclic) bond motifs is 1. The Kier molecular flexibility index (Phi) is 2.48. The van der Waals surface area contributed by atoms with E-state index in [1.165, 1.54) is 13.3 Å². The summed E-state index contributed by atoms with van der Waals surface area (Å²) in [6, 6.07) is 5.62. The number of aromatic carboxylic acids is 1. The lowest BCUT2D eigenvalue weighted by molar-refractivity contribution is 0.0693. The first kappa shape index (κ1) is 10.4. The van der Waals surface area contributed by atoms with Crippen molar-refractivity contribution in [1.82, 2.24) is 4.98 Å². The van der Waals surface area contributed by atoms with Gasteiger partial charge in [0.15, 0.2) is 0 Å². The number of aryl methyl sites for hydroxylation is 1. The summed E-state index contributed by atoms with van der Waals surface area (Å²) < 4.78 is 5.14. The lowest BCUT2D eigenvalue weighted by Crippen LogP contribution is -2.02. The number of pyridine rings is 1. The van der Waals surface area contributed by atoms with E-state index in [2.05, 4.69) is 4.98 Å². The third kappa shape index (κ3) is 1.58. The molecule has 1 aromatic heterocycles. The zero-order chi connectivity index (χ0) is 11.7. The largest absolute Gasteiger partial charge is 0.495 e. The molecule has 0 aliphatic rings. The molecule has 1 aromatic carbocycles. The topological polar surface area (TPSA) is 59.4 Å². The zero-order valence-electron chi connectivity index (χ0n) is 9.02. The lowest BCUT2D eigenvalue weighted by Gasteiger charge is -2.08. The highest BCUT2D eigenvalue weighted by atomic mass is 16.5. The number of hydrogen-bond acceptors (Lipinski definition) is 3. The number of carboxylic acids is 1. The highest BCUT2D eigenvalue weighted by Gasteiger charge is 2.14. The number of hydrogen-bond donors (Lipinski definition) is 1. The minimum absolute atomic E-state index is 0.0823. The van der Waals surface area contributed by atoms with Crippen molar-refractivity contribution in [3.05, 3.63) is 35.5 Å². The van der Waals surface area contributed by atoms with Crippen LogP contribution < -0.4 is 4.74 Å². The molecule has 2 rings (SSSR count). The van der Waals surface area contributed by atoms with E-state index >= 15 is 0 Å². The number of aromatic nitrogens is 1. The summed E-state index contributed by atoms with van der Waals surface area (Å²) in [5.74, 6) is -0.677. The van der Waals surface area contributed by atoms with E-state index in [1.54, 1.807) is 0 Å². The molecular formula is C12H11NO3. The molecule has 4 nitrogen and oxygen atoms in total. The van der Waals surface area contributed by atoms with Gasteiger partial charge >= 0.3 is 5.97 Å². The number of methoxy groups -OCH3 is 1. The van der Waals surface area contributed by atoms with E-state index < -0.39 is 5.97 Å². The van der Waals surface area contributed by atoms with Crippen LogP contribution in [-0.4, -0.2) is 23.2 Å². The third-order valence-corrected chi connectivity index (χ3v) is 2.41. The maximum Gasteiger partial charge on any atom is 0.341 e. The van der Waals surface area contributed by atoms with Crippen LogP contribution in [-0.2, 0) is 0 Å². The molecule has 1 heterocycles. The second-order valence-corrected chi connectivity index (χ2v) is 3.53. The molecule has 0 atom stereocenters. The van der Waals surface area contributed by atoms with Gasteiger partial charge in [0, 0.05) is 11.6 Å². The Balaban J connectivity index is 2.80. The van der Waals surface area contributed by atoms with Gasteiger partial charge in [0.1, 0.15) is 11.3 Å². The Hall–Kier alpha value is -2.10. The molecular weight excluding hydrogens is 206 g/mol. The maximum absolute atomic E-state index is 11.0. The molecule has 0 saturated heterocycles. The summed E-state index contributed by atoms with van der Waals surface area (Å²) in [7, 11) is 1.46. The molecule has 82 valence electrons. The molecule has 1 N–H and O–H groups in total. The average molecular weight is 217 g/mol. The van der Waals surface area contributed by atoms with Gasteiger partial charge in [-0.3, -0.25) is 4.98 Å². The molecule has 0 saturated carbocycles. The van der Waals surface area contributed by atoms with Crippen molar-refractivity contribution in [3.63, 3.8) is 0 Å². The van der Waals surface area contributed by atoms with Crippen molar-refractivity contribution in [3.8, 4) is 5.75 Å². The van der Waals surface area contributed by atoms with Gasteiger partial charge in [-0.2, -0.15) is 0 Å². The van der Waals surface area contributed by atoms with Gasteiger partial charge in [-0.25, -0.2) is 4.79 Å². The molecule has 0 bridgehead atoms. The molecule has 0 aliphatic heterocycles. The van der Waals surface area contributed by atoms with Crippen molar-refractivity contribution < 1.29 is 14.6 Å². The molecule has 2 aromatic rings. The molecule has 0 aliphatic carbocycles. The molecule has 4 heteroatoms. The number of ether oxygens (including phenoxy) is 1. The standard InChI is InChI=1S/C12H11NO3/c1-7-3-4-8-10(5-7)13-6-9(12(14)15)11(8)16-2/h3-6H,1-2H3,(H,14,15). The number of carboxylic acid groups (broad SMARTS) is 1. The van der Waals surface area contributed by atoms with Crippen molar-refractivity contribution in [2.24, 2.45) is 0 Å². The first-order valence-electron chi connectivity index (χ1n) is 4.80. The van der Waals surface area contributed by atoms with Gasteiger partial charge in [-0.05, 0) is 24.6 Å². The summed E-state index contributed by atoms with van der Waals surface area (Å²) in [5, 5.41) is 9.71. The normalized spacial score (nSPS) is 10.4. The number of benzene rings is 1. The van der Waals surface area contributed by atoms with Crippen LogP contribution in [0, 0.1) is 6.92 Å². The van der Waals surface area contributed by atoms with Gasteiger partial charge in [0.2, 0.25) is 0 Å². The fourth-order valence-electron chi connectivity index (χ4n) is 1.65. The lowest BCUT2D eigenvalue weighted by atomic mass is 10.1. The Labute approximate surface area is 92.5 Å². The first-order valence-corrected chi connectivity index (χ1v) is 4.80. The Morgan fingerprint density at radius 2 is 2.19 bits per heavy atom. The van der Waals surface area contributed by atoms with E-state index in [0.29, 0.717) is 11.1 Å².